The van der Waals surface area contributed by atoms with Crippen molar-refractivity contribution in [2.45, 2.75) is 19.3 Å². The van der Waals surface area contributed by atoms with Crippen LogP contribution in [-0.2, 0) is 26.5 Å². The number of benzene rings is 5. The molecule has 0 N–H and O–H groups in total. The van der Waals surface area contributed by atoms with Gasteiger partial charge in [0, 0.05) is 66.8 Å². The molecule has 0 amide bonds. The van der Waals surface area contributed by atoms with E-state index in [-0.39, 0.29) is 26.5 Å². The molecule has 9 aromatic rings. The molecular weight excluding hydrogens is 792 g/mol. The van der Waals surface area contributed by atoms with Crippen molar-refractivity contribution in [3.05, 3.63) is 145 Å². The van der Waals surface area contributed by atoms with E-state index in [4.69, 9.17) is 9.72 Å². The molecule has 7 heteroatoms. The topological polar surface area (TPSA) is 42.7 Å². The molecule has 0 saturated carbocycles. The summed E-state index contributed by atoms with van der Waals surface area (Å²) in [5.74, 6) is 2.12. The number of rotatable bonds is 3. The molecule has 0 saturated heterocycles. The van der Waals surface area contributed by atoms with E-state index in [2.05, 4.69) is 119 Å². The Kier molecular flexibility index (Phi) is 6.52. The summed E-state index contributed by atoms with van der Waals surface area (Å²) >= 11 is 1.83. The number of imidazole rings is 1. The van der Waals surface area contributed by atoms with Crippen molar-refractivity contribution in [3.63, 3.8) is 0 Å². The van der Waals surface area contributed by atoms with Gasteiger partial charge in [-0.3, -0.25) is 4.98 Å². The molecule has 0 unspecified atom stereocenters. The van der Waals surface area contributed by atoms with Crippen molar-refractivity contribution in [2.75, 3.05) is 4.90 Å². The van der Waals surface area contributed by atoms with Crippen LogP contribution >= 0.6 is 11.3 Å². The van der Waals surface area contributed by atoms with Crippen LogP contribution in [0.4, 0.5) is 17.2 Å². The Morgan fingerprint density at radius 1 is 0.688 bits per heavy atom. The fraction of sp³-hybridized carbons (Fsp3) is 0.0732. The number of hydrogen-bond acceptors (Lipinski definition) is 5. The first kappa shape index (κ1) is 29.1. The molecule has 5 heterocycles. The molecule has 0 aliphatic carbocycles. The van der Waals surface area contributed by atoms with Gasteiger partial charge in [0.2, 0.25) is 0 Å². The molecule has 0 radical (unpaired) electrons. The minimum absolute atomic E-state index is 0. The van der Waals surface area contributed by atoms with Crippen LogP contribution in [0.15, 0.2) is 122 Å². The van der Waals surface area contributed by atoms with Gasteiger partial charge < -0.3 is 14.0 Å². The molecule has 0 spiro atoms. The van der Waals surface area contributed by atoms with E-state index in [1.807, 2.05) is 54.2 Å². The maximum atomic E-state index is 6.52. The molecular formula is C41H26N4OPtS. The number of hydrogen-bond donors (Lipinski definition) is 0. The van der Waals surface area contributed by atoms with Gasteiger partial charge in [-0.1, -0.05) is 84.9 Å². The van der Waals surface area contributed by atoms with Crippen LogP contribution in [0, 0.1) is 12.1 Å². The molecule has 5 nitrogen and oxygen atoms in total. The Morgan fingerprint density at radius 2 is 1.52 bits per heavy atom. The number of anilines is 3. The van der Waals surface area contributed by atoms with E-state index in [0.29, 0.717) is 11.5 Å². The van der Waals surface area contributed by atoms with E-state index in [1.54, 1.807) is 0 Å². The predicted octanol–water partition coefficient (Wildman–Crippen LogP) is 10.9. The summed E-state index contributed by atoms with van der Waals surface area (Å²) in [4.78, 5) is 11.9. The van der Waals surface area contributed by atoms with Crippen LogP contribution in [0.2, 0.25) is 0 Å². The van der Waals surface area contributed by atoms with Crippen LogP contribution < -0.4 is 9.64 Å². The Hall–Kier alpha value is -5.03. The van der Waals surface area contributed by atoms with Crippen molar-refractivity contribution in [2.24, 2.45) is 0 Å². The van der Waals surface area contributed by atoms with Crippen LogP contribution in [0.3, 0.4) is 0 Å². The monoisotopic (exact) mass is 817 g/mol. The second-order valence-corrected chi connectivity index (χ2v) is 13.6. The van der Waals surface area contributed by atoms with Crippen molar-refractivity contribution in [1.29, 1.82) is 0 Å². The molecule has 0 fully saturated rings. The van der Waals surface area contributed by atoms with E-state index < -0.39 is 0 Å². The maximum absolute atomic E-state index is 6.52. The van der Waals surface area contributed by atoms with E-state index in [9.17, 15) is 0 Å². The zero-order chi connectivity index (χ0) is 31.3. The second kappa shape index (κ2) is 10.7. The molecule has 1 aliphatic rings. The van der Waals surface area contributed by atoms with Gasteiger partial charge in [-0.25, -0.2) is 4.98 Å². The van der Waals surface area contributed by atoms with Crippen molar-refractivity contribution < 1.29 is 25.8 Å². The van der Waals surface area contributed by atoms with Gasteiger partial charge in [-0.2, -0.15) is 6.07 Å². The van der Waals surface area contributed by atoms with Gasteiger partial charge in [-0.05, 0) is 35.2 Å². The zero-order valence-corrected chi connectivity index (χ0v) is 29.1. The number of pyridine rings is 2. The van der Waals surface area contributed by atoms with Crippen LogP contribution in [-0.4, -0.2) is 14.4 Å². The van der Waals surface area contributed by atoms with Crippen LogP contribution in [0.1, 0.15) is 25.0 Å². The summed E-state index contributed by atoms with van der Waals surface area (Å²) in [6.07, 6.45) is 5.70. The summed E-state index contributed by atoms with van der Waals surface area (Å²) in [6.45, 7) is 4.59. The van der Waals surface area contributed by atoms with Crippen LogP contribution in [0.5, 0.6) is 11.5 Å². The summed E-state index contributed by atoms with van der Waals surface area (Å²) in [5.41, 5.74) is 6.16. The third-order valence-corrected chi connectivity index (χ3v) is 10.7. The molecule has 48 heavy (non-hydrogen) atoms. The number of thiophene rings is 1. The fourth-order valence-electron chi connectivity index (χ4n) is 7.36. The number of fused-ring (bicyclic) bond motifs is 12. The molecule has 0 bridgehead atoms. The van der Waals surface area contributed by atoms with E-state index in [0.717, 1.165) is 44.5 Å². The average Bonchev–Trinajstić information content (AvgIpc) is 3.75. The van der Waals surface area contributed by atoms with Gasteiger partial charge in [0.1, 0.15) is 5.82 Å². The first-order valence-corrected chi connectivity index (χ1v) is 16.5. The third kappa shape index (κ3) is 4.12. The SMILES string of the molecule is CC1(C)c2cccnc2N(c2[c-]c(Oc3[c-]c4c(cc3)c3ccccc3n3ccnc43)ccc2)c2c1ccc1sc3ccccc3c21.[Pt+2]. The Bertz CT molecular complexity index is 2730. The number of para-hydroxylation sites is 1. The summed E-state index contributed by atoms with van der Waals surface area (Å²) in [6, 6.07) is 43.1. The van der Waals surface area contributed by atoms with Crippen molar-refractivity contribution in [1.82, 2.24) is 14.4 Å². The first-order chi connectivity index (χ1) is 23.1. The number of nitrogens with zero attached hydrogens (tertiary/aromatic N) is 4. The number of ether oxygens (including phenoxy) is 1. The minimum atomic E-state index is -0.247. The molecule has 10 rings (SSSR count). The zero-order valence-electron chi connectivity index (χ0n) is 26.0. The van der Waals surface area contributed by atoms with E-state index >= 15 is 0 Å². The average molecular weight is 818 g/mol. The molecule has 5 aromatic carbocycles. The summed E-state index contributed by atoms with van der Waals surface area (Å²) in [5, 5.41) is 5.65. The Balaban J connectivity index is 0.00000314. The van der Waals surface area contributed by atoms with Gasteiger partial charge >= 0.3 is 21.1 Å². The Morgan fingerprint density at radius 3 is 2.44 bits per heavy atom. The number of aromatic nitrogens is 3. The van der Waals surface area contributed by atoms with Gasteiger partial charge in [-0.15, -0.1) is 41.7 Å². The van der Waals surface area contributed by atoms with Gasteiger partial charge in [0.15, 0.2) is 0 Å². The quantitative estimate of drug-likeness (QED) is 0.132. The minimum Gasteiger partial charge on any atom is -0.503 e. The van der Waals surface area contributed by atoms with Crippen molar-refractivity contribution in [3.8, 4) is 11.5 Å². The largest absolute Gasteiger partial charge is 2.00 e. The van der Waals surface area contributed by atoms with E-state index in [1.165, 1.54) is 31.3 Å². The predicted molar refractivity (Wildman–Crippen MR) is 192 cm³/mol. The molecule has 0 atom stereocenters. The Labute approximate surface area is 295 Å². The van der Waals surface area contributed by atoms with Crippen molar-refractivity contribution >= 4 is 76.0 Å². The molecule has 1 aliphatic heterocycles. The fourth-order valence-corrected chi connectivity index (χ4v) is 8.47. The molecule has 4 aromatic heterocycles. The summed E-state index contributed by atoms with van der Waals surface area (Å²) in [7, 11) is 0. The van der Waals surface area contributed by atoms with Gasteiger partial charge in [0.25, 0.3) is 0 Å². The van der Waals surface area contributed by atoms with Gasteiger partial charge in [0.05, 0.1) is 11.3 Å². The maximum Gasteiger partial charge on any atom is 2.00 e. The molecule has 232 valence electrons. The first-order valence-electron chi connectivity index (χ1n) is 15.7. The van der Waals surface area contributed by atoms with Crippen LogP contribution in [0.25, 0.3) is 47.5 Å². The normalized spacial score (nSPS) is 13.6. The third-order valence-electron chi connectivity index (χ3n) is 9.54. The standard InChI is InChI=1S/C41H26N4OS.Pt/c1-41(2)32-18-19-36-37(30-12-4-6-15-35(30)47-36)38(32)45(40-33(41)13-8-20-42-40)25-9-7-10-26(23-25)46-27-16-17-28-29-11-3-5-14-34(29)44-22-21-43-39(44)31(28)24-27;/h3-22H,1-2H3;/q-2;+2. The smallest absolute Gasteiger partial charge is 0.503 e. The second-order valence-electron chi connectivity index (χ2n) is 12.5. The summed E-state index contributed by atoms with van der Waals surface area (Å²) < 4.78 is 11.2.